The summed E-state index contributed by atoms with van der Waals surface area (Å²) >= 11 is 0. The van der Waals surface area contributed by atoms with Crippen molar-refractivity contribution in [1.29, 1.82) is 0 Å². The highest BCUT2D eigenvalue weighted by molar-refractivity contribution is 5.29. The van der Waals surface area contributed by atoms with Crippen LogP contribution in [-0.2, 0) is 0 Å². The largest absolute Gasteiger partial charge is 0.505 e. The van der Waals surface area contributed by atoms with Gasteiger partial charge in [0, 0.05) is 6.04 Å². The van der Waals surface area contributed by atoms with Gasteiger partial charge in [-0.3, -0.25) is 0 Å². The Morgan fingerprint density at radius 1 is 1.55 bits per heavy atom. The first-order valence-corrected chi connectivity index (χ1v) is 3.35. The average Bonchev–Trinajstić information content (AvgIpc) is 1.94. The number of rotatable bonds is 1. The van der Waals surface area contributed by atoms with E-state index in [4.69, 9.17) is 10.8 Å². The maximum Gasteiger partial charge on any atom is 0.165 e. The fraction of sp³-hybridized carbons (Fsp3) is 0.250. The number of phenolic OH excluding ortho intramolecular Hbond substituents is 1. The molecule has 0 amide bonds. The lowest BCUT2D eigenvalue weighted by atomic mass is 10.1. The van der Waals surface area contributed by atoms with Crippen LogP contribution in [0, 0.1) is 5.82 Å². The molecule has 0 aromatic heterocycles. The molecule has 3 heteroatoms. The van der Waals surface area contributed by atoms with E-state index in [2.05, 4.69) is 0 Å². The van der Waals surface area contributed by atoms with Gasteiger partial charge in [0.15, 0.2) is 11.6 Å². The van der Waals surface area contributed by atoms with Gasteiger partial charge in [0.2, 0.25) is 0 Å². The molecule has 3 N–H and O–H groups in total. The van der Waals surface area contributed by atoms with Crippen LogP contribution in [0.5, 0.6) is 5.75 Å². The van der Waals surface area contributed by atoms with E-state index in [1.54, 1.807) is 13.0 Å². The summed E-state index contributed by atoms with van der Waals surface area (Å²) in [4.78, 5) is 0. The predicted molar refractivity (Wildman–Crippen MR) is 40.7 cm³/mol. The first kappa shape index (κ1) is 8.01. The van der Waals surface area contributed by atoms with E-state index in [1.807, 2.05) is 0 Å². The highest BCUT2D eigenvalue weighted by Gasteiger charge is 2.03. The minimum atomic E-state index is -0.625. The van der Waals surface area contributed by atoms with Gasteiger partial charge >= 0.3 is 0 Å². The minimum absolute atomic E-state index is 0.204. The second kappa shape index (κ2) is 2.88. The van der Waals surface area contributed by atoms with Gasteiger partial charge in [0.25, 0.3) is 0 Å². The number of hydrogen-bond acceptors (Lipinski definition) is 2. The Bertz CT molecular complexity index is 260. The molecular weight excluding hydrogens is 145 g/mol. The van der Waals surface area contributed by atoms with Gasteiger partial charge in [-0.2, -0.15) is 0 Å². The zero-order valence-corrected chi connectivity index (χ0v) is 6.21. The monoisotopic (exact) mass is 155 g/mol. The summed E-state index contributed by atoms with van der Waals surface area (Å²) in [7, 11) is 0. The summed E-state index contributed by atoms with van der Waals surface area (Å²) in [6.07, 6.45) is 0. The molecule has 0 bridgehead atoms. The molecule has 0 heterocycles. The maximum absolute atomic E-state index is 12.6. The van der Waals surface area contributed by atoms with Crippen LogP contribution in [0.2, 0.25) is 0 Å². The standard InChI is InChI=1S/C8H10FNO/c1-5(10)6-2-3-8(11)7(9)4-6/h2-5,11H,10H2,1H3. The molecule has 11 heavy (non-hydrogen) atoms. The highest BCUT2D eigenvalue weighted by Crippen LogP contribution is 2.18. The lowest BCUT2D eigenvalue weighted by Crippen LogP contribution is -2.04. The Hall–Kier alpha value is -1.09. The number of aromatic hydroxyl groups is 1. The second-order valence-corrected chi connectivity index (χ2v) is 2.50. The number of benzene rings is 1. The Balaban J connectivity index is 3.05. The molecule has 1 rings (SSSR count). The van der Waals surface area contributed by atoms with Crippen LogP contribution in [0.4, 0.5) is 4.39 Å². The normalized spacial score (nSPS) is 13.0. The summed E-state index contributed by atoms with van der Waals surface area (Å²) in [6, 6.07) is 3.93. The third-order valence-corrected chi connectivity index (χ3v) is 1.50. The van der Waals surface area contributed by atoms with E-state index in [1.165, 1.54) is 12.1 Å². The van der Waals surface area contributed by atoms with Crippen molar-refractivity contribution >= 4 is 0 Å². The number of halogens is 1. The van der Waals surface area contributed by atoms with Crippen LogP contribution < -0.4 is 5.73 Å². The van der Waals surface area contributed by atoms with E-state index >= 15 is 0 Å². The number of phenols is 1. The number of nitrogens with two attached hydrogens (primary N) is 1. The van der Waals surface area contributed by atoms with Gasteiger partial charge in [-0.25, -0.2) is 4.39 Å². The first-order valence-electron chi connectivity index (χ1n) is 3.35. The molecule has 0 radical (unpaired) electrons. The summed E-state index contributed by atoms with van der Waals surface area (Å²) < 4.78 is 12.6. The van der Waals surface area contributed by atoms with Crippen molar-refractivity contribution in [1.82, 2.24) is 0 Å². The average molecular weight is 155 g/mol. The Labute approximate surface area is 64.5 Å². The van der Waals surface area contributed by atoms with Gasteiger partial charge < -0.3 is 10.8 Å². The molecule has 1 aromatic rings. The van der Waals surface area contributed by atoms with Crippen molar-refractivity contribution in [2.24, 2.45) is 5.73 Å². The summed E-state index contributed by atoms with van der Waals surface area (Å²) in [6.45, 7) is 1.76. The highest BCUT2D eigenvalue weighted by atomic mass is 19.1. The third kappa shape index (κ3) is 1.68. The van der Waals surface area contributed by atoms with Gasteiger partial charge in [0.1, 0.15) is 0 Å². The van der Waals surface area contributed by atoms with Gasteiger partial charge in [0.05, 0.1) is 0 Å². The SMILES string of the molecule is CC(N)c1ccc(O)c(F)c1. The molecule has 0 aliphatic heterocycles. The zero-order chi connectivity index (χ0) is 8.43. The summed E-state index contributed by atoms with van der Waals surface area (Å²) in [5, 5.41) is 8.81. The van der Waals surface area contributed by atoms with Gasteiger partial charge in [-0.1, -0.05) is 6.07 Å². The van der Waals surface area contributed by atoms with Crippen molar-refractivity contribution in [3.8, 4) is 5.75 Å². The topological polar surface area (TPSA) is 46.2 Å². The Morgan fingerprint density at radius 3 is 2.64 bits per heavy atom. The Kier molecular flexibility index (Phi) is 2.10. The van der Waals surface area contributed by atoms with Crippen LogP contribution in [-0.4, -0.2) is 5.11 Å². The van der Waals surface area contributed by atoms with E-state index in [0.29, 0.717) is 5.56 Å². The summed E-state index contributed by atoms with van der Waals surface area (Å²) in [5.74, 6) is -0.964. The Morgan fingerprint density at radius 2 is 2.18 bits per heavy atom. The van der Waals surface area contributed by atoms with E-state index in [9.17, 15) is 4.39 Å². The molecule has 0 fully saturated rings. The summed E-state index contributed by atoms with van der Waals surface area (Å²) in [5.41, 5.74) is 6.17. The first-order chi connectivity index (χ1) is 5.11. The predicted octanol–water partition coefficient (Wildman–Crippen LogP) is 1.55. The number of hydrogen-bond donors (Lipinski definition) is 2. The molecule has 0 aliphatic carbocycles. The van der Waals surface area contributed by atoms with Crippen molar-refractivity contribution in [2.75, 3.05) is 0 Å². The second-order valence-electron chi connectivity index (χ2n) is 2.50. The zero-order valence-electron chi connectivity index (χ0n) is 6.21. The molecule has 2 nitrogen and oxygen atoms in total. The third-order valence-electron chi connectivity index (χ3n) is 1.50. The lowest BCUT2D eigenvalue weighted by molar-refractivity contribution is 0.431. The van der Waals surface area contributed by atoms with Crippen molar-refractivity contribution < 1.29 is 9.50 Å². The fourth-order valence-corrected chi connectivity index (χ4v) is 0.806. The quantitative estimate of drug-likeness (QED) is 0.646. The van der Waals surface area contributed by atoms with Crippen LogP contribution in [0.3, 0.4) is 0 Å². The molecule has 1 aromatic carbocycles. The fourth-order valence-electron chi connectivity index (χ4n) is 0.806. The van der Waals surface area contributed by atoms with Crippen LogP contribution in [0.15, 0.2) is 18.2 Å². The maximum atomic E-state index is 12.6. The molecule has 1 unspecified atom stereocenters. The van der Waals surface area contributed by atoms with Crippen molar-refractivity contribution in [3.05, 3.63) is 29.6 Å². The van der Waals surface area contributed by atoms with E-state index < -0.39 is 5.82 Å². The van der Waals surface area contributed by atoms with E-state index in [0.717, 1.165) is 0 Å². The van der Waals surface area contributed by atoms with Crippen LogP contribution in [0.1, 0.15) is 18.5 Å². The van der Waals surface area contributed by atoms with Crippen molar-refractivity contribution in [3.63, 3.8) is 0 Å². The van der Waals surface area contributed by atoms with Crippen LogP contribution >= 0.6 is 0 Å². The minimum Gasteiger partial charge on any atom is -0.505 e. The van der Waals surface area contributed by atoms with Gasteiger partial charge in [-0.15, -0.1) is 0 Å². The molecule has 1 atom stereocenters. The molecule has 0 saturated carbocycles. The molecular formula is C8H10FNO. The van der Waals surface area contributed by atoms with Crippen molar-refractivity contribution in [2.45, 2.75) is 13.0 Å². The molecule has 0 saturated heterocycles. The van der Waals surface area contributed by atoms with Gasteiger partial charge in [-0.05, 0) is 24.6 Å². The smallest absolute Gasteiger partial charge is 0.165 e. The molecule has 0 spiro atoms. The van der Waals surface area contributed by atoms with Crippen LogP contribution in [0.25, 0.3) is 0 Å². The lowest BCUT2D eigenvalue weighted by Gasteiger charge is -2.04. The van der Waals surface area contributed by atoms with E-state index in [-0.39, 0.29) is 11.8 Å². The molecule has 60 valence electrons. The molecule has 0 aliphatic rings.